The highest BCUT2D eigenvalue weighted by Gasteiger charge is 2.40. The predicted octanol–water partition coefficient (Wildman–Crippen LogP) is 8.49. The van der Waals surface area contributed by atoms with Crippen LogP contribution in [0, 0.1) is 27.7 Å². The highest BCUT2D eigenvalue weighted by atomic mass is 28.4. The monoisotopic (exact) mass is 564 g/mol. The van der Waals surface area contributed by atoms with Gasteiger partial charge in [0, 0.05) is 31.1 Å². The van der Waals surface area contributed by atoms with E-state index in [1.54, 1.807) is 21.3 Å². The standard InChI is InChI=1S/C34H48O5Si/c1-22-13-26(14-23(2)31(22)37-10)17-28-19-30(36-9)20-29(33(28)39-40(11,12)34(5,6)7)18-27-15-24(3)32(25(4)16-27)38-21-35-8/h13-16,19-20H,17-18,21H2,1-12H3. The Kier molecular flexibility index (Phi) is 10.0. The largest absolute Gasteiger partial charge is 0.543 e. The van der Waals surface area contributed by atoms with Crippen LogP contribution in [0.3, 0.4) is 0 Å². The molecule has 0 fully saturated rings. The number of rotatable bonds is 11. The zero-order valence-electron chi connectivity index (χ0n) is 26.6. The van der Waals surface area contributed by atoms with E-state index in [0.717, 1.165) is 69.2 Å². The van der Waals surface area contributed by atoms with Gasteiger partial charge in [0.25, 0.3) is 8.32 Å². The number of hydrogen-bond acceptors (Lipinski definition) is 5. The fourth-order valence-electron chi connectivity index (χ4n) is 5.03. The molecule has 0 atom stereocenters. The Morgan fingerprint density at radius 1 is 0.625 bits per heavy atom. The molecule has 0 bridgehead atoms. The summed E-state index contributed by atoms with van der Waals surface area (Å²) in [5.41, 5.74) is 9.14. The van der Waals surface area contributed by atoms with Crippen molar-refractivity contribution in [3.8, 4) is 23.0 Å². The molecule has 0 amide bonds. The molecule has 5 nitrogen and oxygen atoms in total. The summed E-state index contributed by atoms with van der Waals surface area (Å²) in [4.78, 5) is 0. The minimum absolute atomic E-state index is 0.0578. The zero-order chi connectivity index (χ0) is 29.8. The Bertz CT molecular complexity index is 1290. The highest BCUT2D eigenvalue weighted by Crippen LogP contribution is 2.42. The molecule has 0 aromatic heterocycles. The van der Waals surface area contributed by atoms with E-state index in [-0.39, 0.29) is 11.8 Å². The first kappa shape index (κ1) is 31.6. The Morgan fingerprint density at radius 3 is 1.45 bits per heavy atom. The SMILES string of the molecule is COCOc1c(C)cc(Cc2cc(OC)cc(Cc3cc(C)c(OC)c(C)c3)c2O[Si](C)(C)C(C)(C)C)cc1C. The van der Waals surface area contributed by atoms with Crippen molar-refractivity contribution in [3.05, 3.63) is 80.9 Å². The van der Waals surface area contributed by atoms with E-state index in [2.05, 4.69) is 98.0 Å². The molecular formula is C34H48O5Si. The average molecular weight is 565 g/mol. The minimum atomic E-state index is -2.15. The number of benzene rings is 3. The van der Waals surface area contributed by atoms with Crippen LogP contribution in [-0.4, -0.2) is 36.4 Å². The van der Waals surface area contributed by atoms with Crippen LogP contribution in [0.1, 0.15) is 65.3 Å². The molecular weight excluding hydrogens is 516 g/mol. The maximum Gasteiger partial charge on any atom is 0.250 e. The summed E-state index contributed by atoms with van der Waals surface area (Å²) in [5.74, 6) is 3.63. The predicted molar refractivity (Wildman–Crippen MR) is 167 cm³/mol. The molecule has 3 aromatic carbocycles. The third-order valence-electron chi connectivity index (χ3n) is 7.97. The van der Waals surface area contributed by atoms with Crippen LogP contribution in [0.25, 0.3) is 0 Å². The Labute approximate surface area is 242 Å². The van der Waals surface area contributed by atoms with Gasteiger partial charge in [-0.05, 0) is 91.3 Å². The molecule has 40 heavy (non-hydrogen) atoms. The maximum absolute atomic E-state index is 7.13. The molecule has 3 rings (SSSR count). The molecule has 0 saturated carbocycles. The van der Waals surface area contributed by atoms with Crippen LogP contribution in [0.2, 0.25) is 18.1 Å². The number of aryl methyl sites for hydroxylation is 4. The van der Waals surface area contributed by atoms with E-state index in [1.165, 1.54) is 11.1 Å². The quantitative estimate of drug-likeness (QED) is 0.173. The lowest BCUT2D eigenvalue weighted by Gasteiger charge is -2.38. The van der Waals surface area contributed by atoms with Gasteiger partial charge in [0.05, 0.1) is 14.2 Å². The number of hydrogen-bond donors (Lipinski definition) is 0. The van der Waals surface area contributed by atoms with Gasteiger partial charge in [-0.1, -0.05) is 45.0 Å². The minimum Gasteiger partial charge on any atom is -0.543 e. The second-order valence-corrected chi connectivity index (χ2v) is 17.1. The van der Waals surface area contributed by atoms with Crippen molar-refractivity contribution in [2.45, 2.75) is 79.4 Å². The van der Waals surface area contributed by atoms with Gasteiger partial charge in [-0.15, -0.1) is 0 Å². The first-order chi connectivity index (χ1) is 18.7. The van der Waals surface area contributed by atoms with Crippen molar-refractivity contribution in [3.63, 3.8) is 0 Å². The number of ether oxygens (including phenoxy) is 4. The summed E-state index contributed by atoms with van der Waals surface area (Å²) in [6, 6.07) is 13.1. The van der Waals surface area contributed by atoms with Crippen LogP contribution in [0.5, 0.6) is 23.0 Å². The Balaban J connectivity index is 2.16. The van der Waals surface area contributed by atoms with Gasteiger partial charge in [-0.2, -0.15) is 0 Å². The van der Waals surface area contributed by atoms with E-state index >= 15 is 0 Å². The Morgan fingerprint density at radius 2 is 1.07 bits per heavy atom. The van der Waals surface area contributed by atoms with Crippen LogP contribution >= 0.6 is 0 Å². The van der Waals surface area contributed by atoms with Gasteiger partial charge in [-0.25, -0.2) is 0 Å². The fraction of sp³-hybridized carbons (Fsp3) is 0.471. The third kappa shape index (κ3) is 7.21. The first-order valence-corrected chi connectivity index (χ1v) is 16.9. The molecule has 0 radical (unpaired) electrons. The molecule has 0 spiro atoms. The second-order valence-electron chi connectivity index (χ2n) is 12.4. The van der Waals surface area contributed by atoms with Crippen LogP contribution < -0.4 is 18.6 Å². The third-order valence-corrected chi connectivity index (χ3v) is 12.3. The van der Waals surface area contributed by atoms with E-state index < -0.39 is 8.32 Å². The fourth-order valence-corrected chi connectivity index (χ4v) is 6.11. The lowest BCUT2D eigenvalue weighted by atomic mass is 9.94. The highest BCUT2D eigenvalue weighted by molar-refractivity contribution is 6.74. The molecule has 3 aromatic rings. The van der Waals surface area contributed by atoms with Gasteiger partial charge in [0.15, 0.2) is 6.79 Å². The van der Waals surface area contributed by atoms with E-state index in [9.17, 15) is 0 Å². The van der Waals surface area contributed by atoms with Gasteiger partial charge in [-0.3, -0.25) is 0 Å². The van der Waals surface area contributed by atoms with Crippen molar-refractivity contribution in [2.24, 2.45) is 0 Å². The average Bonchev–Trinajstić information content (AvgIpc) is 2.84. The van der Waals surface area contributed by atoms with Gasteiger partial charge in [0.2, 0.25) is 0 Å². The van der Waals surface area contributed by atoms with E-state index in [0.29, 0.717) is 0 Å². The lowest BCUT2D eigenvalue weighted by Crippen LogP contribution is -2.44. The topological polar surface area (TPSA) is 46.2 Å². The summed E-state index contributed by atoms with van der Waals surface area (Å²) in [5, 5.41) is 0.0578. The van der Waals surface area contributed by atoms with Crippen LogP contribution in [-0.2, 0) is 17.6 Å². The van der Waals surface area contributed by atoms with Crippen molar-refractivity contribution >= 4 is 8.32 Å². The zero-order valence-corrected chi connectivity index (χ0v) is 27.6. The molecule has 0 aliphatic heterocycles. The summed E-state index contributed by atoms with van der Waals surface area (Å²) in [7, 11) is 2.95. The molecule has 0 heterocycles. The van der Waals surface area contributed by atoms with Crippen LogP contribution in [0.15, 0.2) is 36.4 Å². The molecule has 218 valence electrons. The summed E-state index contributed by atoms with van der Waals surface area (Å²) in [6.45, 7) is 20.1. The summed E-state index contributed by atoms with van der Waals surface area (Å²) < 4.78 is 29.5. The lowest BCUT2D eigenvalue weighted by molar-refractivity contribution is 0.0501. The van der Waals surface area contributed by atoms with Crippen molar-refractivity contribution < 1.29 is 23.4 Å². The van der Waals surface area contributed by atoms with E-state index in [1.807, 2.05) is 0 Å². The van der Waals surface area contributed by atoms with Gasteiger partial charge >= 0.3 is 0 Å². The molecule has 0 aliphatic carbocycles. The van der Waals surface area contributed by atoms with E-state index in [4.69, 9.17) is 23.4 Å². The number of methoxy groups -OCH3 is 3. The van der Waals surface area contributed by atoms with Crippen LogP contribution in [0.4, 0.5) is 0 Å². The molecule has 0 aliphatic rings. The summed E-state index contributed by atoms with van der Waals surface area (Å²) >= 11 is 0. The summed E-state index contributed by atoms with van der Waals surface area (Å²) in [6.07, 6.45) is 1.46. The molecule has 0 N–H and O–H groups in total. The molecule has 6 heteroatoms. The Hall–Kier alpha value is -2.96. The normalized spacial score (nSPS) is 11.9. The smallest absolute Gasteiger partial charge is 0.250 e. The van der Waals surface area contributed by atoms with Gasteiger partial charge in [0.1, 0.15) is 23.0 Å². The van der Waals surface area contributed by atoms with Crippen molar-refractivity contribution in [1.82, 2.24) is 0 Å². The van der Waals surface area contributed by atoms with Gasteiger partial charge < -0.3 is 23.4 Å². The van der Waals surface area contributed by atoms with Crippen molar-refractivity contribution in [1.29, 1.82) is 0 Å². The maximum atomic E-state index is 7.13. The first-order valence-electron chi connectivity index (χ1n) is 14.0. The molecule has 0 unspecified atom stereocenters. The molecule has 0 saturated heterocycles. The second kappa shape index (κ2) is 12.7. The van der Waals surface area contributed by atoms with Crippen molar-refractivity contribution in [2.75, 3.05) is 28.1 Å².